The van der Waals surface area contributed by atoms with Crippen LogP contribution in [0.15, 0.2) is 108 Å². The summed E-state index contributed by atoms with van der Waals surface area (Å²) in [6, 6.07) is 34.5. The van der Waals surface area contributed by atoms with Crippen LogP contribution in [0, 0.1) is 6.92 Å². The molecule has 1 saturated carbocycles. The lowest BCUT2D eigenvalue weighted by Crippen LogP contribution is -2.19. The molecule has 6 nitrogen and oxygen atoms in total. The van der Waals surface area contributed by atoms with Gasteiger partial charge in [0.1, 0.15) is 11.4 Å². The van der Waals surface area contributed by atoms with Crippen LogP contribution in [0.1, 0.15) is 24.1 Å². The number of para-hydroxylation sites is 1. The summed E-state index contributed by atoms with van der Waals surface area (Å²) in [5.41, 5.74) is 7.91. The maximum Gasteiger partial charge on any atom is 0.314 e. The molecule has 4 aromatic carbocycles. The van der Waals surface area contributed by atoms with Gasteiger partial charge in [-0.1, -0.05) is 78.0 Å². The molecule has 6 heteroatoms. The first-order valence-corrected chi connectivity index (χ1v) is 13.0. The van der Waals surface area contributed by atoms with Crippen LogP contribution in [-0.2, 0) is 10.2 Å². The van der Waals surface area contributed by atoms with Crippen molar-refractivity contribution in [1.82, 2.24) is 5.16 Å². The lowest BCUT2D eigenvalue weighted by Gasteiger charge is -2.20. The Hall–Kier alpha value is -4.84. The van der Waals surface area contributed by atoms with E-state index in [0.717, 1.165) is 50.7 Å². The first-order valence-electron chi connectivity index (χ1n) is 13.0. The van der Waals surface area contributed by atoms with Crippen LogP contribution >= 0.6 is 0 Å². The zero-order valence-corrected chi connectivity index (χ0v) is 21.9. The zero-order valence-electron chi connectivity index (χ0n) is 21.9. The van der Waals surface area contributed by atoms with E-state index in [1.807, 2.05) is 85.8 Å². The molecule has 1 aliphatic carbocycles. The molecule has 1 heterocycles. The molecule has 0 spiro atoms. The highest BCUT2D eigenvalue weighted by Crippen LogP contribution is 2.48. The highest BCUT2D eigenvalue weighted by Gasteiger charge is 2.51. The van der Waals surface area contributed by atoms with Gasteiger partial charge in [-0.05, 0) is 66.8 Å². The van der Waals surface area contributed by atoms with E-state index in [-0.39, 0.29) is 0 Å². The van der Waals surface area contributed by atoms with Crippen LogP contribution in [0.3, 0.4) is 0 Å². The van der Waals surface area contributed by atoms with Crippen LogP contribution in [0.2, 0.25) is 0 Å². The molecule has 1 fully saturated rings. The summed E-state index contributed by atoms with van der Waals surface area (Å²) >= 11 is 0. The van der Waals surface area contributed by atoms with Crippen molar-refractivity contribution in [3.63, 3.8) is 0 Å². The number of anilines is 4. The van der Waals surface area contributed by atoms with E-state index in [2.05, 4.69) is 46.7 Å². The highest BCUT2D eigenvalue weighted by atomic mass is 16.5. The largest absolute Gasteiger partial charge is 0.481 e. The third-order valence-corrected chi connectivity index (χ3v) is 7.59. The summed E-state index contributed by atoms with van der Waals surface area (Å²) in [4.78, 5) is 13.8. The summed E-state index contributed by atoms with van der Waals surface area (Å²) in [6.07, 6.45) is 1.41. The Morgan fingerprint density at radius 2 is 1.46 bits per heavy atom. The van der Waals surface area contributed by atoms with Crippen LogP contribution in [-0.4, -0.2) is 23.3 Å². The smallest absolute Gasteiger partial charge is 0.314 e. The van der Waals surface area contributed by atoms with Crippen molar-refractivity contribution in [2.45, 2.75) is 25.2 Å². The predicted molar refractivity (Wildman–Crippen MR) is 155 cm³/mol. The molecule has 0 unspecified atom stereocenters. The molecule has 194 valence electrons. The number of benzene rings is 4. The Balaban J connectivity index is 1.22. The fourth-order valence-corrected chi connectivity index (χ4v) is 5.00. The molecule has 0 saturated heterocycles. The van der Waals surface area contributed by atoms with E-state index >= 15 is 0 Å². The summed E-state index contributed by atoms with van der Waals surface area (Å²) in [5.74, 6) is -0.0605. The quantitative estimate of drug-likeness (QED) is 0.218. The normalized spacial score (nSPS) is 13.6. The van der Waals surface area contributed by atoms with E-state index in [1.54, 1.807) is 0 Å². The van der Waals surface area contributed by atoms with E-state index in [4.69, 9.17) is 4.52 Å². The molecule has 2 N–H and O–H groups in total. The summed E-state index contributed by atoms with van der Waals surface area (Å²) in [7, 11) is 2.05. The van der Waals surface area contributed by atoms with Gasteiger partial charge in [-0.25, -0.2) is 0 Å². The van der Waals surface area contributed by atoms with Crippen LogP contribution in [0.25, 0.3) is 22.5 Å². The topological polar surface area (TPSA) is 78.6 Å². The molecule has 0 radical (unpaired) electrons. The molecule has 0 aliphatic heterocycles. The number of aromatic nitrogens is 1. The van der Waals surface area contributed by atoms with Gasteiger partial charge < -0.3 is 19.8 Å². The molecule has 6 rings (SSSR count). The molecular formula is C33H29N3O3. The Morgan fingerprint density at radius 3 is 2.10 bits per heavy atom. The first kappa shape index (κ1) is 24.5. The molecule has 1 aromatic heterocycles. The van der Waals surface area contributed by atoms with Gasteiger partial charge in [0, 0.05) is 29.7 Å². The van der Waals surface area contributed by atoms with Gasteiger partial charge in [0.15, 0.2) is 5.76 Å². The van der Waals surface area contributed by atoms with Gasteiger partial charge in [0.05, 0.1) is 5.41 Å². The Bertz CT molecular complexity index is 1620. The second-order valence-electron chi connectivity index (χ2n) is 10.1. The van der Waals surface area contributed by atoms with E-state index in [1.165, 1.54) is 0 Å². The van der Waals surface area contributed by atoms with Crippen LogP contribution in [0.5, 0.6) is 0 Å². The molecule has 0 bridgehead atoms. The summed E-state index contributed by atoms with van der Waals surface area (Å²) < 4.78 is 5.75. The lowest BCUT2D eigenvalue weighted by atomic mass is 9.93. The molecule has 0 atom stereocenters. The molecule has 0 amide bonds. The fraction of sp³-hybridized carbons (Fsp3) is 0.152. The van der Waals surface area contributed by atoms with Crippen molar-refractivity contribution in [1.29, 1.82) is 0 Å². The Kier molecular flexibility index (Phi) is 6.15. The van der Waals surface area contributed by atoms with Gasteiger partial charge in [-0.2, -0.15) is 0 Å². The fourth-order valence-electron chi connectivity index (χ4n) is 5.00. The van der Waals surface area contributed by atoms with Gasteiger partial charge in [-0.15, -0.1) is 0 Å². The van der Waals surface area contributed by atoms with Crippen LogP contribution < -0.4 is 10.2 Å². The SMILES string of the molecule is Cc1noc(-c2ccc(-c3ccc(C4(C(=O)O)CC4)cc3)cc2)c1Nc1cccc(N(C)c2ccccc2)c1. The van der Waals surface area contributed by atoms with E-state index in [0.29, 0.717) is 18.6 Å². The van der Waals surface area contributed by atoms with E-state index < -0.39 is 11.4 Å². The predicted octanol–water partition coefficient (Wildman–Crippen LogP) is 7.94. The summed E-state index contributed by atoms with van der Waals surface area (Å²) in [5, 5.41) is 17.3. The van der Waals surface area contributed by atoms with Gasteiger partial charge in [0.2, 0.25) is 0 Å². The number of hydrogen-bond donors (Lipinski definition) is 2. The van der Waals surface area contributed by atoms with Crippen LogP contribution in [0.4, 0.5) is 22.7 Å². The number of aryl methyl sites for hydroxylation is 1. The van der Waals surface area contributed by atoms with Crippen molar-refractivity contribution in [3.8, 4) is 22.5 Å². The monoisotopic (exact) mass is 515 g/mol. The number of carbonyl (C=O) groups is 1. The number of rotatable bonds is 8. The molecule has 5 aromatic rings. The van der Waals surface area contributed by atoms with Gasteiger partial charge in [-0.3, -0.25) is 4.79 Å². The molecule has 39 heavy (non-hydrogen) atoms. The number of carboxylic acid groups (broad SMARTS) is 1. The Labute approximate surface area is 227 Å². The zero-order chi connectivity index (χ0) is 27.0. The first-order chi connectivity index (χ1) is 18.9. The Morgan fingerprint density at radius 1 is 0.846 bits per heavy atom. The van der Waals surface area contributed by atoms with Crippen molar-refractivity contribution in [2.24, 2.45) is 0 Å². The number of nitrogens with zero attached hydrogens (tertiary/aromatic N) is 2. The average Bonchev–Trinajstić information content (AvgIpc) is 3.73. The lowest BCUT2D eigenvalue weighted by molar-refractivity contribution is -0.140. The van der Waals surface area contributed by atoms with E-state index in [9.17, 15) is 9.90 Å². The van der Waals surface area contributed by atoms with Crippen molar-refractivity contribution in [2.75, 3.05) is 17.3 Å². The van der Waals surface area contributed by atoms with Crippen molar-refractivity contribution < 1.29 is 14.4 Å². The third kappa shape index (κ3) is 4.66. The maximum absolute atomic E-state index is 11.6. The maximum atomic E-state index is 11.6. The van der Waals surface area contributed by atoms with Gasteiger partial charge in [0.25, 0.3) is 0 Å². The minimum absolute atomic E-state index is 0.674. The number of aliphatic carboxylic acids is 1. The molecular weight excluding hydrogens is 486 g/mol. The van der Waals surface area contributed by atoms with Crippen molar-refractivity contribution in [3.05, 3.63) is 114 Å². The number of carboxylic acids is 1. The standard InChI is InChI=1S/C33H29N3O3/c1-22-30(34-27-7-6-10-29(21-27)36(2)28-8-4-3-5-9-28)31(39-35-22)25-13-11-23(12-14-25)24-15-17-26(18-16-24)33(19-20-33)32(37)38/h3-18,21,34H,19-20H2,1-2H3,(H,37,38). The highest BCUT2D eigenvalue weighted by molar-refractivity contribution is 5.85. The minimum Gasteiger partial charge on any atom is -0.481 e. The van der Waals surface area contributed by atoms with Crippen molar-refractivity contribution >= 4 is 28.7 Å². The second-order valence-corrected chi connectivity index (χ2v) is 10.1. The molecule has 1 aliphatic rings. The minimum atomic E-state index is -0.735. The second kappa shape index (κ2) is 9.80. The number of nitrogens with one attached hydrogen (secondary N) is 1. The number of hydrogen-bond acceptors (Lipinski definition) is 5. The average molecular weight is 516 g/mol. The summed E-state index contributed by atoms with van der Waals surface area (Å²) in [6.45, 7) is 1.93. The van der Waals surface area contributed by atoms with Gasteiger partial charge >= 0.3 is 5.97 Å². The third-order valence-electron chi connectivity index (χ3n) is 7.59.